The van der Waals surface area contributed by atoms with Crippen LogP contribution in [-0.4, -0.2) is 16.7 Å². The van der Waals surface area contributed by atoms with Gasteiger partial charge in [-0.3, -0.25) is 4.79 Å². The lowest BCUT2D eigenvalue weighted by molar-refractivity contribution is 0.106. The molecule has 0 atom stereocenters. The maximum absolute atomic E-state index is 12.5. The molecule has 0 fully saturated rings. The van der Waals surface area contributed by atoms with Crippen molar-refractivity contribution in [1.29, 1.82) is 0 Å². The van der Waals surface area contributed by atoms with Gasteiger partial charge in [0.25, 0.3) is 0 Å². The maximum Gasteiger partial charge on any atom is 0.213 e. The number of benzene rings is 2. The van der Waals surface area contributed by atoms with Crippen LogP contribution in [0.15, 0.2) is 70.9 Å². The number of Topliss-reactive ketones (excluding diaryl/α,β-unsaturated/α-hetero) is 1. The lowest BCUT2D eigenvalue weighted by atomic mass is 10.0. The molecule has 4 heteroatoms. The van der Waals surface area contributed by atoms with Crippen molar-refractivity contribution >= 4 is 28.3 Å². The van der Waals surface area contributed by atoms with Crippen LogP contribution in [0.3, 0.4) is 0 Å². The summed E-state index contributed by atoms with van der Waals surface area (Å²) in [7, 11) is 0. The van der Waals surface area contributed by atoms with Crippen molar-refractivity contribution in [1.82, 2.24) is 0 Å². The number of hydrogen-bond donors (Lipinski definition) is 0. The Balaban J connectivity index is 2.46. The number of nitrogens with zero attached hydrogens (tertiary/aromatic N) is 2. The minimum absolute atomic E-state index is 0.182. The molecule has 0 radical (unpaired) electrons. The van der Waals surface area contributed by atoms with Gasteiger partial charge in [0.1, 0.15) is 10.9 Å². The van der Waals surface area contributed by atoms with Gasteiger partial charge in [-0.2, -0.15) is 0 Å². The summed E-state index contributed by atoms with van der Waals surface area (Å²) >= 11 is 5.69. The van der Waals surface area contributed by atoms with Crippen LogP contribution in [0.4, 0.5) is 0 Å². The van der Waals surface area contributed by atoms with Crippen LogP contribution >= 0.6 is 11.6 Å². The highest BCUT2D eigenvalue weighted by Gasteiger charge is 2.15. The van der Waals surface area contributed by atoms with Gasteiger partial charge in [-0.25, -0.2) is 0 Å². The summed E-state index contributed by atoms with van der Waals surface area (Å²) < 4.78 is 0. The zero-order valence-electron chi connectivity index (χ0n) is 11.0. The summed E-state index contributed by atoms with van der Waals surface area (Å²) in [6, 6.07) is 18.2. The van der Waals surface area contributed by atoms with Gasteiger partial charge in [0.05, 0.1) is 0 Å². The van der Waals surface area contributed by atoms with Gasteiger partial charge in [-0.1, -0.05) is 72.3 Å². The van der Waals surface area contributed by atoms with Crippen molar-refractivity contribution < 1.29 is 4.79 Å². The van der Waals surface area contributed by atoms with Crippen molar-refractivity contribution in [3.05, 3.63) is 71.8 Å². The predicted octanol–water partition coefficient (Wildman–Crippen LogP) is 3.93. The monoisotopic (exact) mass is 284 g/mol. The van der Waals surface area contributed by atoms with E-state index in [4.69, 9.17) is 11.6 Å². The molecule has 20 heavy (non-hydrogen) atoms. The van der Waals surface area contributed by atoms with Crippen LogP contribution in [0.1, 0.15) is 22.8 Å². The third-order valence-corrected chi connectivity index (χ3v) is 2.66. The molecule has 0 N–H and O–H groups in total. The molecule has 0 spiro atoms. The van der Waals surface area contributed by atoms with Gasteiger partial charge < -0.3 is 0 Å². The van der Waals surface area contributed by atoms with Gasteiger partial charge in [0, 0.05) is 11.1 Å². The highest BCUT2D eigenvalue weighted by Crippen LogP contribution is 2.09. The Morgan fingerprint density at radius 2 is 1.35 bits per heavy atom. The fraction of sp³-hybridized carbons (Fsp3) is 0.0625. The lowest BCUT2D eigenvalue weighted by Gasteiger charge is -2.04. The van der Waals surface area contributed by atoms with Gasteiger partial charge >= 0.3 is 0 Å². The summed E-state index contributed by atoms with van der Waals surface area (Å²) in [6.07, 6.45) is 0. The van der Waals surface area contributed by atoms with E-state index < -0.39 is 0 Å². The second-order valence-electron chi connectivity index (χ2n) is 4.11. The highest BCUT2D eigenvalue weighted by atomic mass is 35.5. The molecule has 0 unspecified atom stereocenters. The molecule has 0 aliphatic heterocycles. The van der Waals surface area contributed by atoms with Gasteiger partial charge in [0.2, 0.25) is 5.78 Å². The average molecular weight is 285 g/mol. The molecular formula is C16H13ClN2O. The SMILES string of the molecule is C/C(Cl)=N/N=C(\C(=O)c1ccccc1)c1ccccc1. The van der Waals surface area contributed by atoms with E-state index in [0.29, 0.717) is 11.1 Å². The number of hydrogen-bond acceptors (Lipinski definition) is 3. The van der Waals surface area contributed by atoms with E-state index in [-0.39, 0.29) is 16.7 Å². The maximum atomic E-state index is 12.5. The number of rotatable bonds is 4. The summed E-state index contributed by atoms with van der Waals surface area (Å²) in [4.78, 5) is 12.5. The minimum atomic E-state index is -0.182. The molecular weight excluding hydrogens is 272 g/mol. The van der Waals surface area contributed by atoms with Crippen LogP contribution in [0, 0.1) is 0 Å². The molecule has 0 aliphatic rings. The summed E-state index contributed by atoms with van der Waals surface area (Å²) in [5.41, 5.74) is 1.55. The Morgan fingerprint density at radius 3 is 1.85 bits per heavy atom. The first-order valence-electron chi connectivity index (χ1n) is 6.11. The minimum Gasteiger partial charge on any atom is -0.287 e. The van der Waals surface area contributed by atoms with Gasteiger partial charge in [-0.05, 0) is 6.92 Å². The first-order valence-corrected chi connectivity index (χ1v) is 6.49. The molecule has 2 aromatic rings. The Bertz CT molecular complexity index is 645. The zero-order valence-corrected chi connectivity index (χ0v) is 11.7. The van der Waals surface area contributed by atoms with E-state index in [1.807, 2.05) is 48.5 Å². The largest absolute Gasteiger partial charge is 0.287 e. The standard InChI is InChI=1S/C16H13ClN2O/c1-12(17)18-19-15(13-8-4-2-5-9-13)16(20)14-10-6-3-7-11-14/h2-11H,1H3/b18-12-,19-15-. The molecule has 0 saturated heterocycles. The normalized spacial score (nSPS) is 12.3. The Morgan fingerprint density at radius 1 is 0.850 bits per heavy atom. The van der Waals surface area contributed by atoms with Crippen molar-refractivity contribution in [2.24, 2.45) is 10.2 Å². The number of carbonyl (C=O) groups excluding carboxylic acids is 1. The lowest BCUT2D eigenvalue weighted by Crippen LogP contribution is -2.15. The Hall–Kier alpha value is -2.26. The fourth-order valence-corrected chi connectivity index (χ4v) is 1.71. The molecule has 0 bridgehead atoms. The van der Waals surface area contributed by atoms with E-state index in [0.717, 1.165) is 0 Å². The van der Waals surface area contributed by atoms with Crippen molar-refractivity contribution in [3.8, 4) is 0 Å². The van der Waals surface area contributed by atoms with Gasteiger partial charge in [-0.15, -0.1) is 10.2 Å². The van der Waals surface area contributed by atoms with Crippen LogP contribution in [0.25, 0.3) is 0 Å². The molecule has 2 aromatic carbocycles. The summed E-state index contributed by atoms with van der Waals surface area (Å²) in [6.45, 7) is 1.61. The van der Waals surface area contributed by atoms with Crippen molar-refractivity contribution in [2.75, 3.05) is 0 Å². The quantitative estimate of drug-likeness (QED) is 0.476. The smallest absolute Gasteiger partial charge is 0.213 e. The molecule has 2 rings (SSSR count). The second kappa shape index (κ2) is 6.78. The van der Waals surface area contributed by atoms with Gasteiger partial charge in [0.15, 0.2) is 0 Å². The Kier molecular flexibility index (Phi) is 4.80. The average Bonchev–Trinajstić information content (AvgIpc) is 2.49. The third-order valence-electron chi connectivity index (χ3n) is 2.59. The fourth-order valence-electron chi connectivity index (χ4n) is 1.68. The zero-order chi connectivity index (χ0) is 14.4. The van der Waals surface area contributed by atoms with Crippen LogP contribution in [0.2, 0.25) is 0 Å². The first-order chi connectivity index (χ1) is 9.68. The number of halogens is 1. The Labute approximate surface area is 122 Å². The summed E-state index contributed by atoms with van der Waals surface area (Å²) in [5, 5.41) is 8.07. The molecule has 100 valence electrons. The summed E-state index contributed by atoms with van der Waals surface area (Å²) in [5.74, 6) is -0.182. The van der Waals surface area contributed by atoms with Crippen LogP contribution in [0.5, 0.6) is 0 Å². The molecule has 0 heterocycles. The molecule has 0 saturated carbocycles. The van der Waals surface area contributed by atoms with E-state index in [2.05, 4.69) is 10.2 Å². The predicted molar refractivity (Wildman–Crippen MR) is 82.7 cm³/mol. The third kappa shape index (κ3) is 3.62. The molecule has 0 amide bonds. The highest BCUT2D eigenvalue weighted by molar-refractivity contribution is 6.64. The van der Waals surface area contributed by atoms with Crippen molar-refractivity contribution in [3.63, 3.8) is 0 Å². The van der Waals surface area contributed by atoms with E-state index in [1.54, 1.807) is 19.1 Å². The molecule has 0 aromatic heterocycles. The number of carbonyl (C=O) groups is 1. The van der Waals surface area contributed by atoms with Crippen LogP contribution in [-0.2, 0) is 0 Å². The van der Waals surface area contributed by atoms with E-state index >= 15 is 0 Å². The topological polar surface area (TPSA) is 41.8 Å². The van der Waals surface area contributed by atoms with Crippen molar-refractivity contribution in [2.45, 2.75) is 6.92 Å². The first kappa shape index (κ1) is 14.2. The molecule has 3 nitrogen and oxygen atoms in total. The van der Waals surface area contributed by atoms with Crippen LogP contribution < -0.4 is 0 Å². The van der Waals surface area contributed by atoms with E-state index in [1.165, 1.54) is 0 Å². The molecule has 0 aliphatic carbocycles. The van der Waals surface area contributed by atoms with E-state index in [9.17, 15) is 4.79 Å². The second-order valence-corrected chi connectivity index (χ2v) is 4.65. The number of ketones is 1.